The molecular formula is C41H52F3N3O9S. The van der Waals surface area contributed by atoms with Gasteiger partial charge >= 0.3 is 12.1 Å². The van der Waals surface area contributed by atoms with Crippen molar-refractivity contribution in [3.63, 3.8) is 0 Å². The summed E-state index contributed by atoms with van der Waals surface area (Å²) in [6, 6.07) is 5.46. The lowest BCUT2D eigenvalue weighted by atomic mass is 9.82. The maximum Gasteiger partial charge on any atom is 0.427 e. The van der Waals surface area contributed by atoms with E-state index in [2.05, 4.69) is 14.4 Å². The summed E-state index contributed by atoms with van der Waals surface area (Å²) >= 11 is 0. The summed E-state index contributed by atoms with van der Waals surface area (Å²) in [4.78, 5) is 62.8. The summed E-state index contributed by atoms with van der Waals surface area (Å²) in [5, 5.41) is 1.23. The topological polar surface area (TPSA) is 158 Å². The van der Waals surface area contributed by atoms with Crippen molar-refractivity contribution in [2.75, 3.05) is 13.7 Å². The van der Waals surface area contributed by atoms with Gasteiger partial charge in [0.15, 0.2) is 5.78 Å². The first-order chi connectivity index (χ1) is 29.1. The van der Waals surface area contributed by atoms with Gasteiger partial charge in [-0.05, 0) is 107 Å². The molecule has 2 aromatic rings. The molecule has 1 saturated heterocycles. The molecule has 0 bridgehead atoms. The van der Waals surface area contributed by atoms with Crippen molar-refractivity contribution in [2.45, 2.75) is 121 Å². The van der Waals surface area contributed by atoms with Crippen molar-refractivity contribution < 1.29 is 63.2 Å². The van der Waals surface area contributed by atoms with Crippen LogP contribution in [0.4, 0.5) is 13.2 Å². The van der Waals surface area contributed by atoms with Gasteiger partial charge < -0.3 is 19.1 Å². The molecule has 7 atom stereocenters. The maximum absolute atomic E-state index is 15.0. The Bertz CT molecular complexity index is 2230. The molecule has 312 valence electrons. The van der Waals surface area contributed by atoms with Gasteiger partial charge in [0.2, 0.25) is 33.3 Å². The first-order valence-electron chi connectivity index (χ1n) is 22.0. The van der Waals surface area contributed by atoms with Crippen LogP contribution in [0.5, 0.6) is 11.6 Å². The SMILES string of the molecule is [2H]C([2H])([2H])C(OC(=O)C[C@@H]1C(=O)N2C[C@H](Oc3nccc4cc(OC)ccc34)CC2C(=O)C[C@]2(C(=O)NS(=O)(=O)C3(C)CC3)C[C@H]2/C=C\CC[C@@H](C)C[C@H]1C)(C([2H])([2H])[2H])C(F)(F)F. The number of hydrogen-bond acceptors (Lipinski definition) is 10. The van der Waals surface area contributed by atoms with Crippen LogP contribution in [0.15, 0.2) is 42.6 Å². The summed E-state index contributed by atoms with van der Waals surface area (Å²) in [7, 11) is -2.62. The Balaban J connectivity index is 1.39. The second kappa shape index (κ2) is 15.5. The highest BCUT2D eigenvalue weighted by Crippen LogP contribution is 2.58. The molecule has 3 heterocycles. The molecule has 1 N–H and O–H groups in total. The molecule has 16 heteroatoms. The lowest BCUT2D eigenvalue weighted by Crippen LogP contribution is -2.48. The van der Waals surface area contributed by atoms with Crippen molar-refractivity contribution in [3.8, 4) is 11.6 Å². The minimum Gasteiger partial charge on any atom is -0.497 e. The monoisotopic (exact) mass is 825 g/mol. The number of alkyl halides is 3. The Kier molecular flexibility index (Phi) is 9.47. The number of methoxy groups -OCH3 is 1. The van der Waals surface area contributed by atoms with E-state index in [0.717, 1.165) is 4.90 Å². The van der Waals surface area contributed by atoms with Crippen LogP contribution in [-0.2, 0) is 33.9 Å². The average Bonchev–Trinajstić information content (AvgIpc) is 4.05. The predicted octanol–water partition coefficient (Wildman–Crippen LogP) is 6.46. The molecule has 12 nitrogen and oxygen atoms in total. The van der Waals surface area contributed by atoms with E-state index in [9.17, 15) is 40.8 Å². The minimum absolute atomic E-state index is 0.130. The fraction of sp³-hybridized carbons (Fsp3) is 0.634. The summed E-state index contributed by atoms with van der Waals surface area (Å²) in [6.45, 7) is -4.22. The number of Topliss-reactive ketones (excluding diaryl/α,β-unsaturated/α-hetero) is 1. The van der Waals surface area contributed by atoms with Gasteiger partial charge in [0.25, 0.3) is 0 Å². The third kappa shape index (κ3) is 8.80. The van der Waals surface area contributed by atoms with E-state index in [-0.39, 0.29) is 37.6 Å². The Morgan fingerprint density at radius 1 is 1.12 bits per heavy atom. The number of pyridine rings is 1. The Hall–Kier alpha value is -4.21. The number of ketones is 1. The van der Waals surface area contributed by atoms with Gasteiger partial charge in [-0.1, -0.05) is 26.0 Å². The highest BCUT2D eigenvalue weighted by molar-refractivity contribution is 7.91. The normalized spacial score (nSPS) is 31.9. The number of hydrogen-bond donors (Lipinski definition) is 1. The third-order valence-electron chi connectivity index (χ3n) is 12.1. The van der Waals surface area contributed by atoms with Crippen molar-refractivity contribution in [2.24, 2.45) is 29.1 Å². The van der Waals surface area contributed by atoms with Crippen molar-refractivity contribution in [3.05, 3.63) is 42.6 Å². The van der Waals surface area contributed by atoms with Gasteiger partial charge in [0.1, 0.15) is 11.9 Å². The fourth-order valence-electron chi connectivity index (χ4n) is 8.04. The zero-order valence-corrected chi connectivity index (χ0v) is 33.0. The number of carbonyl (C=O) groups is 4. The molecular weight excluding hydrogens is 768 g/mol. The van der Waals surface area contributed by atoms with E-state index in [0.29, 0.717) is 42.2 Å². The molecule has 6 rings (SSSR count). The van der Waals surface area contributed by atoms with Crippen LogP contribution in [0.2, 0.25) is 0 Å². The van der Waals surface area contributed by atoms with Crippen molar-refractivity contribution in [1.29, 1.82) is 0 Å². The molecule has 2 amide bonds. The number of aromatic nitrogens is 1. The number of esters is 1. The van der Waals surface area contributed by atoms with Crippen LogP contribution in [0.1, 0.15) is 100 Å². The third-order valence-corrected chi connectivity index (χ3v) is 14.2. The summed E-state index contributed by atoms with van der Waals surface area (Å²) in [5.74, 6) is -6.74. The summed E-state index contributed by atoms with van der Waals surface area (Å²) in [6.07, 6.45) is -1.84. The summed E-state index contributed by atoms with van der Waals surface area (Å²) in [5.41, 5.74) is -6.43. The van der Waals surface area contributed by atoms with Gasteiger partial charge in [0.05, 0.1) is 42.2 Å². The van der Waals surface area contributed by atoms with Crippen LogP contribution in [-0.4, -0.2) is 84.2 Å². The second-order valence-corrected chi connectivity index (χ2v) is 18.7. The highest BCUT2D eigenvalue weighted by Gasteiger charge is 2.63. The van der Waals surface area contributed by atoms with Crippen LogP contribution < -0.4 is 14.2 Å². The van der Waals surface area contributed by atoms with Gasteiger partial charge in [-0.25, -0.2) is 13.4 Å². The Labute approximate surface area is 339 Å². The van der Waals surface area contributed by atoms with Gasteiger partial charge in [-0.2, -0.15) is 13.2 Å². The predicted molar refractivity (Wildman–Crippen MR) is 203 cm³/mol. The Morgan fingerprint density at radius 2 is 1.86 bits per heavy atom. The molecule has 3 fully saturated rings. The number of nitrogens with one attached hydrogen (secondary N) is 1. The molecule has 1 aromatic carbocycles. The first-order valence-corrected chi connectivity index (χ1v) is 20.5. The quantitative estimate of drug-likeness (QED) is 0.220. The zero-order valence-electron chi connectivity index (χ0n) is 38.2. The van der Waals surface area contributed by atoms with Crippen LogP contribution in [0, 0.1) is 29.1 Å². The number of amides is 2. The highest BCUT2D eigenvalue weighted by atomic mass is 32.2. The minimum atomic E-state index is -6.10. The molecule has 4 aliphatic rings. The lowest BCUT2D eigenvalue weighted by molar-refractivity contribution is -0.257. The average molecular weight is 826 g/mol. The zero-order chi connectivity index (χ0) is 46.7. The number of halogens is 3. The molecule has 57 heavy (non-hydrogen) atoms. The number of fused-ring (bicyclic) bond motifs is 3. The van der Waals surface area contributed by atoms with E-state index in [1.807, 2.05) is 13.0 Å². The van der Waals surface area contributed by atoms with Crippen molar-refractivity contribution >= 4 is 44.4 Å². The Morgan fingerprint density at radius 3 is 2.53 bits per heavy atom. The largest absolute Gasteiger partial charge is 0.497 e. The number of benzene rings is 1. The molecule has 1 aromatic heterocycles. The number of rotatable bonds is 9. The van der Waals surface area contributed by atoms with E-state index in [4.69, 9.17) is 17.7 Å². The second-order valence-electron chi connectivity index (χ2n) is 16.5. The van der Waals surface area contributed by atoms with Gasteiger partial charge in [-0.3, -0.25) is 23.9 Å². The van der Waals surface area contributed by atoms with Gasteiger partial charge in [0, 0.05) is 32.6 Å². The van der Waals surface area contributed by atoms with E-state index >= 15 is 0 Å². The molecule has 2 aliphatic carbocycles. The molecule has 2 saturated carbocycles. The van der Waals surface area contributed by atoms with E-state index in [1.54, 1.807) is 37.3 Å². The van der Waals surface area contributed by atoms with Crippen LogP contribution >= 0.6 is 0 Å². The number of carbonyl (C=O) groups excluding carboxylic acids is 4. The maximum atomic E-state index is 15.0. The standard InChI is InChI=1S/C41H52F3N3O9S/c1-24-9-7-8-10-27-21-40(27,37(51)46-57(52,53)39(5)14-15-39)22-33(48)32-19-29(55-35-30-12-11-28(54-6)18-26(30)13-16-45-35)23-47(32)36(50)31(25(2)17-24)20-34(49)56-38(3,4)41(42,43)44/h8,10-13,16,18,24-25,27,29,31-32H,7,9,14-15,17,19-23H2,1-6H3,(H,46,51)/b10-8-/t24-,25-,27-,29-,31+,32?,40-/m1/s1/i3D3,4D3. The number of ether oxygens (including phenoxy) is 3. The van der Waals surface area contributed by atoms with E-state index in [1.165, 1.54) is 20.2 Å². The molecule has 2 aliphatic heterocycles. The lowest BCUT2D eigenvalue weighted by Gasteiger charge is -2.33. The van der Waals surface area contributed by atoms with E-state index < -0.39 is 112 Å². The van der Waals surface area contributed by atoms with Crippen LogP contribution in [0.3, 0.4) is 0 Å². The molecule has 0 radical (unpaired) electrons. The van der Waals surface area contributed by atoms with Gasteiger partial charge in [-0.15, -0.1) is 0 Å². The first kappa shape index (κ1) is 34.8. The number of sulfonamides is 1. The smallest absolute Gasteiger partial charge is 0.427 e. The van der Waals surface area contributed by atoms with Crippen molar-refractivity contribution in [1.82, 2.24) is 14.6 Å². The number of allylic oxidation sites excluding steroid dienone is 2. The number of nitrogens with zero attached hydrogens (tertiary/aromatic N) is 2. The van der Waals surface area contributed by atoms with Crippen LogP contribution in [0.25, 0.3) is 10.8 Å². The molecule has 0 spiro atoms. The molecule has 1 unspecified atom stereocenters. The summed E-state index contributed by atoms with van der Waals surface area (Å²) < 4.78 is 133. The fourth-order valence-corrected chi connectivity index (χ4v) is 9.38.